The maximum atomic E-state index is 12.9. The Morgan fingerprint density at radius 3 is 2.80 bits per heavy atom. The molecule has 2 aromatic rings. The zero-order valence-corrected chi connectivity index (χ0v) is 17.5. The Kier molecular flexibility index (Phi) is 5.94. The number of nitrogens with zero attached hydrogens (tertiary/aromatic N) is 1. The summed E-state index contributed by atoms with van der Waals surface area (Å²) in [5.74, 6) is 1.06. The summed E-state index contributed by atoms with van der Waals surface area (Å²) < 4.78 is 43.9. The molecular formula is C21H24N2O6S. The number of hydrogen-bond acceptors (Lipinski definition) is 6. The molecule has 30 heavy (non-hydrogen) atoms. The molecule has 160 valence electrons. The summed E-state index contributed by atoms with van der Waals surface area (Å²) in [5.41, 5.74) is 1.19. The average molecular weight is 432 g/mol. The summed E-state index contributed by atoms with van der Waals surface area (Å²) in [5, 5.41) is 0. The van der Waals surface area contributed by atoms with E-state index >= 15 is 0 Å². The van der Waals surface area contributed by atoms with E-state index in [1.807, 2.05) is 18.2 Å². The second-order valence-corrected chi connectivity index (χ2v) is 9.13. The third kappa shape index (κ3) is 4.58. The van der Waals surface area contributed by atoms with Crippen molar-refractivity contribution < 1.29 is 27.4 Å². The first kappa shape index (κ1) is 20.6. The van der Waals surface area contributed by atoms with Gasteiger partial charge in [-0.05, 0) is 48.7 Å². The van der Waals surface area contributed by atoms with Gasteiger partial charge in [0.05, 0.1) is 11.0 Å². The monoisotopic (exact) mass is 432 g/mol. The predicted octanol–water partition coefficient (Wildman–Crippen LogP) is 2.14. The molecule has 2 aromatic carbocycles. The SMILES string of the molecule is CN(Cc1ccc2c(c1)OCO2)C(=O)c1cccc(S(=O)(=O)NCC2CCCO2)c1. The van der Waals surface area contributed by atoms with E-state index in [1.54, 1.807) is 19.2 Å². The molecule has 0 saturated carbocycles. The summed E-state index contributed by atoms with van der Waals surface area (Å²) in [4.78, 5) is 14.5. The van der Waals surface area contributed by atoms with Crippen molar-refractivity contribution in [2.45, 2.75) is 30.4 Å². The van der Waals surface area contributed by atoms with Gasteiger partial charge in [0.15, 0.2) is 11.5 Å². The summed E-state index contributed by atoms with van der Waals surface area (Å²) >= 11 is 0. The highest BCUT2D eigenvalue weighted by atomic mass is 32.2. The Balaban J connectivity index is 1.43. The van der Waals surface area contributed by atoms with Crippen molar-refractivity contribution >= 4 is 15.9 Å². The number of carbonyl (C=O) groups excluding carboxylic acids is 1. The van der Waals surface area contributed by atoms with Crippen molar-refractivity contribution in [3.63, 3.8) is 0 Å². The van der Waals surface area contributed by atoms with E-state index in [0.29, 0.717) is 30.2 Å². The standard InChI is InChI=1S/C21H24N2O6S/c1-23(13-15-7-8-19-20(10-15)29-14-28-19)21(24)16-4-2-6-18(11-16)30(25,26)22-12-17-5-3-9-27-17/h2,4,6-8,10-11,17,22H,3,5,9,12-14H2,1H3. The molecule has 1 atom stereocenters. The van der Waals surface area contributed by atoms with Gasteiger partial charge in [-0.15, -0.1) is 0 Å². The maximum absolute atomic E-state index is 12.9. The van der Waals surface area contributed by atoms with Crippen LogP contribution in [0.5, 0.6) is 11.5 Å². The molecule has 1 unspecified atom stereocenters. The van der Waals surface area contributed by atoms with E-state index in [9.17, 15) is 13.2 Å². The van der Waals surface area contributed by atoms with E-state index < -0.39 is 10.0 Å². The second-order valence-electron chi connectivity index (χ2n) is 7.36. The van der Waals surface area contributed by atoms with Crippen LogP contribution in [0.15, 0.2) is 47.4 Å². The first-order valence-electron chi connectivity index (χ1n) is 9.78. The molecule has 1 amide bonds. The first-order chi connectivity index (χ1) is 14.4. The van der Waals surface area contributed by atoms with Crippen LogP contribution in [0.1, 0.15) is 28.8 Å². The Hall–Kier alpha value is -2.62. The van der Waals surface area contributed by atoms with Crippen LogP contribution in [-0.2, 0) is 21.3 Å². The van der Waals surface area contributed by atoms with Crippen molar-refractivity contribution in [2.75, 3.05) is 27.0 Å². The van der Waals surface area contributed by atoms with Gasteiger partial charge in [-0.1, -0.05) is 12.1 Å². The molecule has 0 radical (unpaired) electrons. The van der Waals surface area contributed by atoms with Crippen molar-refractivity contribution in [1.29, 1.82) is 0 Å². The number of nitrogens with one attached hydrogen (secondary N) is 1. The fourth-order valence-electron chi connectivity index (χ4n) is 3.49. The highest BCUT2D eigenvalue weighted by molar-refractivity contribution is 7.89. The lowest BCUT2D eigenvalue weighted by Crippen LogP contribution is -2.32. The molecule has 0 aliphatic carbocycles. The lowest BCUT2D eigenvalue weighted by Gasteiger charge is -2.18. The molecule has 1 N–H and O–H groups in total. The third-order valence-corrected chi connectivity index (χ3v) is 6.54. The maximum Gasteiger partial charge on any atom is 0.253 e. The third-order valence-electron chi connectivity index (χ3n) is 5.12. The van der Waals surface area contributed by atoms with Gasteiger partial charge in [0, 0.05) is 32.3 Å². The summed E-state index contributed by atoms with van der Waals surface area (Å²) in [6.07, 6.45) is 1.68. The Bertz CT molecular complexity index is 1030. The van der Waals surface area contributed by atoms with Gasteiger partial charge in [-0.3, -0.25) is 4.79 Å². The van der Waals surface area contributed by atoms with Gasteiger partial charge in [0.1, 0.15) is 0 Å². The second kappa shape index (κ2) is 8.63. The van der Waals surface area contributed by atoms with Gasteiger partial charge < -0.3 is 19.1 Å². The van der Waals surface area contributed by atoms with Crippen LogP contribution in [0.2, 0.25) is 0 Å². The number of sulfonamides is 1. The minimum atomic E-state index is -3.73. The van der Waals surface area contributed by atoms with Crippen LogP contribution in [-0.4, -0.2) is 52.3 Å². The molecule has 2 aliphatic rings. The van der Waals surface area contributed by atoms with Gasteiger partial charge in [-0.2, -0.15) is 0 Å². The van der Waals surface area contributed by atoms with E-state index in [4.69, 9.17) is 14.2 Å². The van der Waals surface area contributed by atoms with Crippen LogP contribution in [0, 0.1) is 0 Å². The predicted molar refractivity (Wildman–Crippen MR) is 109 cm³/mol. The smallest absolute Gasteiger partial charge is 0.253 e. The zero-order chi connectivity index (χ0) is 21.1. The molecular weight excluding hydrogens is 408 g/mol. The fourth-order valence-corrected chi connectivity index (χ4v) is 4.60. The summed E-state index contributed by atoms with van der Waals surface area (Å²) in [6, 6.07) is 11.6. The van der Waals surface area contributed by atoms with Crippen molar-refractivity contribution in [3.05, 3.63) is 53.6 Å². The zero-order valence-electron chi connectivity index (χ0n) is 16.7. The first-order valence-corrected chi connectivity index (χ1v) is 11.3. The van der Waals surface area contributed by atoms with E-state index in [1.165, 1.54) is 17.0 Å². The highest BCUT2D eigenvalue weighted by Gasteiger charge is 2.22. The van der Waals surface area contributed by atoms with Crippen molar-refractivity contribution in [3.8, 4) is 11.5 Å². The molecule has 2 aliphatic heterocycles. The fraction of sp³-hybridized carbons (Fsp3) is 0.381. The number of carbonyl (C=O) groups is 1. The van der Waals surface area contributed by atoms with Crippen LogP contribution in [0.3, 0.4) is 0 Å². The number of benzene rings is 2. The number of hydrogen-bond donors (Lipinski definition) is 1. The quantitative estimate of drug-likeness (QED) is 0.721. The summed E-state index contributed by atoms with van der Waals surface area (Å²) in [7, 11) is -2.06. The molecule has 8 nitrogen and oxygen atoms in total. The Morgan fingerprint density at radius 2 is 2.00 bits per heavy atom. The van der Waals surface area contributed by atoms with E-state index in [-0.39, 0.29) is 30.2 Å². The number of amides is 1. The molecule has 0 bridgehead atoms. The molecule has 1 fully saturated rings. The van der Waals surface area contributed by atoms with E-state index in [0.717, 1.165) is 18.4 Å². The average Bonchev–Trinajstić information content (AvgIpc) is 3.43. The largest absolute Gasteiger partial charge is 0.454 e. The molecule has 1 saturated heterocycles. The van der Waals surface area contributed by atoms with Crippen LogP contribution >= 0.6 is 0 Å². The van der Waals surface area contributed by atoms with Crippen molar-refractivity contribution in [2.24, 2.45) is 0 Å². The normalized spacial score (nSPS) is 17.8. The van der Waals surface area contributed by atoms with Gasteiger partial charge in [0.2, 0.25) is 16.8 Å². The van der Waals surface area contributed by atoms with E-state index in [2.05, 4.69) is 4.72 Å². The molecule has 0 aromatic heterocycles. The van der Waals surface area contributed by atoms with Gasteiger partial charge in [0.25, 0.3) is 5.91 Å². The highest BCUT2D eigenvalue weighted by Crippen LogP contribution is 2.32. The topological polar surface area (TPSA) is 94.2 Å². The van der Waals surface area contributed by atoms with Crippen LogP contribution in [0.25, 0.3) is 0 Å². The Labute approximate surface area is 175 Å². The minimum absolute atomic E-state index is 0.0582. The van der Waals surface area contributed by atoms with Gasteiger partial charge >= 0.3 is 0 Å². The van der Waals surface area contributed by atoms with Crippen LogP contribution in [0.4, 0.5) is 0 Å². The van der Waals surface area contributed by atoms with Gasteiger partial charge in [-0.25, -0.2) is 13.1 Å². The lowest BCUT2D eigenvalue weighted by atomic mass is 10.1. The minimum Gasteiger partial charge on any atom is -0.454 e. The molecule has 0 spiro atoms. The number of ether oxygens (including phenoxy) is 3. The summed E-state index contributed by atoms with van der Waals surface area (Å²) in [6.45, 7) is 1.43. The molecule has 2 heterocycles. The lowest BCUT2D eigenvalue weighted by molar-refractivity contribution is 0.0784. The van der Waals surface area contributed by atoms with Crippen molar-refractivity contribution in [1.82, 2.24) is 9.62 Å². The molecule has 4 rings (SSSR count). The number of rotatable bonds is 7. The Morgan fingerprint density at radius 1 is 1.17 bits per heavy atom. The molecule has 9 heteroatoms. The number of fused-ring (bicyclic) bond motifs is 1. The van der Waals surface area contributed by atoms with Crippen LogP contribution < -0.4 is 14.2 Å².